The number of para-hydroxylation sites is 1. The molecule has 0 saturated carbocycles. The largest absolute Gasteiger partial charge is 0.373 e. The van der Waals surface area contributed by atoms with E-state index < -0.39 is 0 Å². The van der Waals surface area contributed by atoms with E-state index in [1.165, 1.54) is 10.9 Å². The Labute approximate surface area is 117 Å². The Bertz CT molecular complexity index is 747. The highest BCUT2D eigenvalue weighted by Crippen LogP contribution is 2.31. The van der Waals surface area contributed by atoms with E-state index in [9.17, 15) is 0 Å². The molecule has 3 rings (SSSR count). The van der Waals surface area contributed by atoms with Gasteiger partial charge in [0, 0.05) is 44.3 Å². The van der Waals surface area contributed by atoms with Crippen LogP contribution >= 0.6 is 0 Å². The molecule has 0 atom stereocenters. The highest BCUT2D eigenvalue weighted by Gasteiger charge is 2.12. The molecule has 20 heavy (non-hydrogen) atoms. The minimum Gasteiger partial charge on any atom is -0.373 e. The van der Waals surface area contributed by atoms with Gasteiger partial charge in [-0.1, -0.05) is 18.2 Å². The third-order valence-electron chi connectivity index (χ3n) is 3.49. The topological polar surface area (TPSA) is 46.0 Å². The molecule has 0 amide bonds. The van der Waals surface area contributed by atoms with Crippen LogP contribution in [0.1, 0.15) is 0 Å². The SMILES string of the molecule is CNc1cc(N(C)c2cn(C)c3ccccc23)ncn1. The molecule has 0 spiro atoms. The van der Waals surface area contributed by atoms with Crippen LogP contribution in [0.5, 0.6) is 0 Å². The summed E-state index contributed by atoms with van der Waals surface area (Å²) in [5.74, 6) is 1.67. The minimum atomic E-state index is 0.807. The molecular formula is C15H17N5. The van der Waals surface area contributed by atoms with Crippen LogP contribution in [0.2, 0.25) is 0 Å². The first-order valence-corrected chi connectivity index (χ1v) is 6.48. The fourth-order valence-corrected chi connectivity index (χ4v) is 2.38. The number of aromatic nitrogens is 3. The van der Waals surface area contributed by atoms with E-state index in [4.69, 9.17) is 0 Å². The molecular weight excluding hydrogens is 250 g/mol. The second-order valence-corrected chi connectivity index (χ2v) is 4.71. The van der Waals surface area contributed by atoms with Gasteiger partial charge in [-0.05, 0) is 6.07 Å². The van der Waals surface area contributed by atoms with Crippen molar-refractivity contribution in [1.82, 2.24) is 14.5 Å². The second kappa shape index (κ2) is 4.85. The van der Waals surface area contributed by atoms with Crippen LogP contribution in [0.25, 0.3) is 10.9 Å². The summed E-state index contributed by atoms with van der Waals surface area (Å²) in [5.41, 5.74) is 2.33. The van der Waals surface area contributed by atoms with Crippen molar-refractivity contribution >= 4 is 28.2 Å². The predicted molar refractivity (Wildman–Crippen MR) is 82.6 cm³/mol. The summed E-state index contributed by atoms with van der Waals surface area (Å²) in [6.07, 6.45) is 3.69. The van der Waals surface area contributed by atoms with E-state index in [2.05, 4.69) is 62.3 Å². The Hall–Kier alpha value is -2.56. The van der Waals surface area contributed by atoms with Crippen molar-refractivity contribution in [3.05, 3.63) is 42.9 Å². The molecule has 2 aromatic heterocycles. The van der Waals surface area contributed by atoms with Gasteiger partial charge in [-0.25, -0.2) is 9.97 Å². The maximum absolute atomic E-state index is 4.35. The zero-order valence-electron chi connectivity index (χ0n) is 11.8. The first kappa shape index (κ1) is 12.5. The molecule has 0 radical (unpaired) electrons. The highest BCUT2D eigenvalue weighted by atomic mass is 15.2. The predicted octanol–water partition coefficient (Wildman–Crippen LogP) is 2.78. The lowest BCUT2D eigenvalue weighted by Crippen LogP contribution is -2.11. The first-order valence-electron chi connectivity index (χ1n) is 6.48. The Morgan fingerprint density at radius 2 is 2.00 bits per heavy atom. The number of nitrogens with zero attached hydrogens (tertiary/aromatic N) is 4. The molecule has 102 valence electrons. The van der Waals surface area contributed by atoms with E-state index in [1.807, 2.05) is 20.2 Å². The quantitative estimate of drug-likeness (QED) is 0.792. The van der Waals surface area contributed by atoms with Crippen molar-refractivity contribution in [2.24, 2.45) is 7.05 Å². The van der Waals surface area contributed by atoms with Gasteiger partial charge in [-0.15, -0.1) is 0 Å². The Morgan fingerprint density at radius 1 is 1.20 bits per heavy atom. The van der Waals surface area contributed by atoms with Gasteiger partial charge in [0.1, 0.15) is 18.0 Å². The van der Waals surface area contributed by atoms with Crippen LogP contribution in [0.3, 0.4) is 0 Å². The summed E-state index contributed by atoms with van der Waals surface area (Å²) < 4.78 is 2.13. The van der Waals surface area contributed by atoms with Crippen LogP contribution in [-0.4, -0.2) is 28.6 Å². The van der Waals surface area contributed by atoms with E-state index in [0.29, 0.717) is 0 Å². The minimum absolute atomic E-state index is 0.807. The zero-order chi connectivity index (χ0) is 14.1. The third-order valence-corrected chi connectivity index (χ3v) is 3.49. The third kappa shape index (κ3) is 1.97. The van der Waals surface area contributed by atoms with E-state index in [1.54, 1.807) is 6.33 Å². The van der Waals surface area contributed by atoms with Crippen molar-refractivity contribution in [2.45, 2.75) is 0 Å². The van der Waals surface area contributed by atoms with Crippen molar-refractivity contribution in [2.75, 3.05) is 24.3 Å². The molecule has 0 unspecified atom stereocenters. The molecule has 3 aromatic rings. The lowest BCUT2D eigenvalue weighted by atomic mass is 10.2. The summed E-state index contributed by atoms with van der Waals surface area (Å²) in [6.45, 7) is 0. The molecule has 0 aliphatic carbocycles. The van der Waals surface area contributed by atoms with E-state index in [-0.39, 0.29) is 0 Å². The molecule has 5 heteroatoms. The number of nitrogens with one attached hydrogen (secondary N) is 1. The van der Waals surface area contributed by atoms with Crippen molar-refractivity contribution in [3.8, 4) is 0 Å². The molecule has 0 fully saturated rings. The average Bonchev–Trinajstić information content (AvgIpc) is 2.84. The summed E-state index contributed by atoms with van der Waals surface area (Å²) in [7, 11) is 5.92. The average molecular weight is 267 g/mol. The van der Waals surface area contributed by atoms with Crippen LogP contribution < -0.4 is 10.2 Å². The molecule has 1 aromatic carbocycles. The van der Waals surface area contributed by atoms with Crippen LogP contribution in [0.15, 0.2) is 42.9 Å². The normalized spacial score (nSPS) is 10.8. The number of anilines is 3. The maximum atomic E-state index is 4.35. The van der Waals surface area contributed by atoms with Crippen molar-refractivity contribution < 1.29 is 0 Å². The van der Waals surface area contributed by atoms with Gasteiger partial charge >= 0.3 is 0 Å². The molecule has 0 aliphatic rings. The summed E-state index contributed by atoms with van der Waals surface area (Å²) in [4.78, 5) is 10.6. The molecule has 5 nitrogen and oxygen atoms in total. The van der Waals surface area contributed by atoms with Gasteiger partial charge in [0.05, 0.1) is 5.69 Å². The molecule has 0 bridgehead atoms. The monoisotopic (exact) mass is 267 g/mol. The Kier molecular flexibility index (Phi) is 3.02. The number of hydrogen-bond acceptors (Lipinski definition) is 4. The van der Waals surface area contributed by atoms with Gasteiger partial charge in [0.2, 0.25) is 0 Å². The standard InChI is InChI=1S/C15H17N5/c1-16-14-8-15(18-10-17-14)20(3)13-9-19(2)12-7-5-4-6-11(12)13/h4-10H,1-3H3,(H,16,17,18). The van der Waals surface area contributed by atoms with Crippen LogP contribution in [0, 0.1) is 0 Å². The first-order chi connectivity index (χ1) is 9.70. The van der Waals surface area contributed by atoms with Crippen LogP contribution in [-0.2, 0) is 7.05 Å². The fraction of sp³-hybridized carbons (Fsp3) is 0.200. The summed E-state index contributed by atoms with van der Waals surface area (Å²) >= 11 is 0. The van der Waals surface area contributed by atoms with E-state index in [0.717, 1.165) is 17.3 Å². The molecule has 0 saturated heterocycles. The molecule has 1 N–H and O–H groups in total. The zero-order valence-corrected chi connectivity index (χ0v) is 11.8. The lowest BCUT2D eigenvalue weighted by molar-refractivity contribution is 0.963. The van der Waals surface area contributed by atoms with Gasteiger partial charge in [0.25, 0.3) is 0 Å². The Morgan fingerprint density at radius 3 is 2.80 bits per heavy atom. The summed E-state index contributed by atoms with van der Waals surface area (Å²) in [6, 6.07) is 10.3. The maximum Gasteiger partial charge on any atom is 0.138 e. The molecule has 0 aliphatic heterocycles. The number of benzene rings is 1. The van der Waals surface area contributed by atoms with Crippen molar-refractivity contribution in [3.63, 3.8) is 0 Å². The van der Waals surface area contributed by atoms with Crippen molar-refractivity contribution in [1.29, 1.82) is 0 Å². The van der Waals surface area contributed by atoms with Crippen LogP contribution in [0.4, 0.5) is 17.3 Å². The molecule has 2 heterocycles. The van der Waals surface area contributed by atoms with Gasteiger partial charge in [-0.2, -0.15) is 0 Å². The number of rotatable bonds is 3. The smallest absolute Gasteiger partial charge is 0.138 e. The number of fused-ring (bicyclic) bond motifs is 1. The fourth-order valence-electron chi connectivity index (χ4n) is 2.38. The second-order valence-electron chi connectivity index (χ2n) is 4.71. The van der Waals surface area contributed by atoms with Gasteiger partial charge in [-0.3, -0.25) is 0 Å². The van der Waals surface area contributed by atoms with Gasteiger partial charge < -0.3 is 14.8 Å². The summed E-state index contributed by atoms with van der Waals surface area (Å²) in [5, 5.41) is 4.24. The Balaban J connectivity index is 2.10. The van der Waals surface area contributed by atoms with E-state index >= 15 is 0 Å². The number of hydrogen-bond donors (Lipinski definition) is 1. The van der Waals surface area contributed by atoms with Gasteiger partial charge in [0.15, 0.2) is 0 Å². The highest BCUT2D eigenvalue weighted by molar-refractivity contribution is 5.95. The number of aryl methyl sites for hydroxylation is 1. The lowest BCUT2D eigenvalue weighted by Gasteiger charge is -2.17.